The Bertz CT molecular complexity index is 1130. The van der Waals surface area contributed by atoms with Gasteiger partial charge < -0.3 is 24.4 Å². The van der Waals surface area contributed by atoms with Gasteiger partial charge >= 0.3 is 18.0 Å². The summed E-state index contributed by atoms with van der Waals surface area (Å²) in [5.41, 5.74) is 0. The molecule has 0 radical (unpaired) electrons. The molecule has 0 amide bonds. The number of carboxylic acids is 2. The molecule has 0 spiro atoms. The van der Waals surface area contributed by atoms with Gasteiger partial charge in [-0.25, -0.2) is 18.0 Å². The summed E-state index contributed by atoms with van der Waals surface area (Å²) >= 11 is 6.07. The van der Waals surface area contributed by atoms with Gasteiger partial charge in [0.2, 0.25) is 0 Å². The molecule has 0 saturated carbocycles. The summed E-state index contributed by atoms with van der Waals surface area (Å²) in [5, 5.41) is 19.0. The number of nitrogens with zero attached hydrogens (tertiary/aromatic N) is 4. The van der Waals surface area contributed by atoms with Gasteiger partial charge in [0.1, 0.15) is 5.75 Å². The third-order valence-corrected chi connectivity index (χ3v) is 7.03. The molecule has 0 bridgehead atoms. The van der Waals surface area contributed by atoms with Gasteiger partial charge in [0.25, 0.3) is 0 Å². The summed E-state index contributed by atoms with van der Waals surface area (Å²) in [4.78, 5) is 27.3. The van der Waals surface area contributed by atoms with Gasteiger partial charge in [-0.15, -0.1) is 0 Å². The molecule has 1 unspecified atom stereocenters. The number of sulfone groups is 1. The lowest BCUT2D eigenvalue weighted by atomic mass is 10.2. The van der Waals surface area contributed by atoms with E-state index >= 15 is 0 Å². The Balaban J connectivity index is 0.000000678. The van der Waals surface area contributed by atoms with E-state index in [4.69, 9.17) is 40.7 Å². The zero-order valence-electron chi connectivity index (χ0n) is 20.5. The SMILES string of the molecule is CC(C)c1noc(N2CCN(C(C)CCOc3ccc(S(C)(=O)=O)c(Cl)c3)CC2)n1.O=C(O)C(=O)O. The number of benzene rings is 1. The predicted molar refractivity (Wildman–Crippen MR) is 132 cm³/mol. The summed E-state index contributed by atoms with van der Waals surface area (Å²) in [5.74, 6) is -2.09. The molecule has 1 saturated heterocycles. The zero-order chi connectivity index (χ0) is 27.0. The van der Waals surface area contributed by atoms with Crippen LogP contribution in [0.1, 0.15) is 38.9 Å². The van der Waals surface area contributed by atoms with E-state index in [1.807, 2.05) is 13.8 Å². The second kappa shape index (κ2) is 12.9. The molecular weight excluding hydrogens is 516 g/mol. The highest BCUT2D eigenvalue weighted by Crippen LogP contribution is 2.26. The molecule has 2 aromatic rings. The van der Waals surface area contributed by atoms with Crippen molar-refractivity contribution in [1.29, 1.82) is 0 Å². The molecule has 1 fully saturated rings. The fourth-order valence-electron chi connectivity index (χ4n) is 3.35. The molecule has 14 heteroatoms. The summed E-state index contributed by atoms with van der Waals surface area (Å²) in [6.45, 7) is 10.3. The molecule has 0 aliphatic carbocycles. The monoisotopic (exact) mass is 546 g/mol. The molecule has 200 valence electrons. The lowest BCUT2D eigenvalue weighted by Crippen LogP contribution is -2.50. The van der Waals surface area contributed by atoms with Gasteiger partial charge in [0, 0.05) is 50.5 Å². The van der Waals surface area contributed by atoms with Crippen molar-refractivity contribution in [3.05, 3.63) is 29.0 Å². The maximum absolute atomic E-state index is 11.6. The highest BCUT2D eigenvalue weighted by molar-refractivity contribution is 7.90. The van der Waals surface area contributed by atoms with Gasteiger partial charge in [0.05, 0.1) is 16.5 Å². The first-order chi connectivity index (χ1) is 16.8. The predicted octanol–water partition coefficient (Wildman–Crippen LogP) is 2.39. The topological polar surface area (TPSA) is 163 Å². The third-order valence-electron chi connectivity index (χ3n) is 5.45. The van der Waals surface area contributed by atoms with Crippen LogP contribution in [-0.4, -0.2) is 90.7 Å². The molecule has 36 heavy (non-hydrogen) atoms. The number of hydrogen-bond acceptors (Lipinski definition) is 10. The molecule has 1 aromatic heterocycles. The maximum atomic E-state index is 11.6. The number of rotatable bonds is 8. The fraction of sp³-hybridized carbons (Fsp3) is 0.545. The second-order valence-electron chi connectivity index (χ2n) is 8.57. The minimum Gasteiger partial charge on any atom is -0.493 e. The van der Waals surface area contributed by atoms with Gasteiger partial charge in [-0.1, -0.05) is 30.6 Å². The quantitative estimate of drug-likeness (QED) is 0.465. The first-order valence-electron chi connectivity index (χ1n) is 11.2. The summed E-state index contributed by atoms with van der Waals surface area (Å²) in [6.07, 6.45) is 1.99. The first-order valence-corrected chi connectivity index (χ1v) is 13.5. The van der Waals surface area contributed by atoms with E-state index in [9.17, 15) is 8.42 Å². The van der Waals surface area contributed by atoms with Crippen LogP contribution >= 0.6 is 11.6 Å². The number of anilines is 1. The van der Waals surface area contributed by atoms with Crippen molar-refractivity contribution >= 4 is 39.4 Å². The van der Waals surface area contributed by atoms with Crippen LogP contribution in [0.25, 0.3) is 0 Å². The van der Waals surface area contributed by atoms with Crippen molar-refractivity contribution in [3.8, 4) is 5.75 Å². The Labute approximate surface area is 214 Å². The fourth-order valence-corrected chi connectivity index (χ4v) is 4.66. The number of piperazine rings is 1. The molecule has 1 aromatic carbocycles. The van der Waals surface area contributed by atoms with Crippen LogP contribution in [0.2, 0.25) is 5.02 Å². The Kier molecular flexibility index (Phi) is 10.5. The molecule has 1 aliphatic rings. The Hall–Kier alpha value is -2.90. The van der Waals surface area contributed by atoms with Crippen LogP contribution < -0.4 is 9.64 Å². The zero-order valence-corrected chi connectivity index (χ0v) is 22.1. The van der Waals surface area contributed by atoms with Crippen molar-refractivity contribution in [2.75, 3.05) is 43.9 Å². The summed E-state index contributed by atoms with van der Waals surface area (Å²) < 4.78 is 34.5. The van der Waals surface area contributed by atoms with Gasteiger partial charge in [-0.2, -0.15) is 4.98 Å². The normalized spacial score (nSPS) is 15.2. The molecule has 1 aliphatic heterocycles. The average molecular weight is 547 g/mol. The second-order valence-corrected chi connectivity index (χ2v) is 11.0. The first kappa shape index (κ1) is 29.3. The number of carbonyl (C=O) groups is 2. The molecule has 1 atom stereocenters. The summed E-state index contributed by atoms with van der Waals surface area (Å²) in [7, 11) is -3.34. The highest BCUT2D eigenvalue weighted by Gasteiger charge is 2.24. The van der Waals surface area contributed by atoms with Crippen LogP contribution in [0.3, 0.4) is 0 Å². The number of aliphatic carboxylic acids is 2. The Morgan fingerprint density at radius 3 is 2.22 bits per heavy atom. The number of ether oxygens (including phenoxy) is 1. The van der Waals surface area contributed by atoms with Crippen molar-refractivity contribution < 1.29 is 37.5 Å². The molecule has 3 rings (SSSR count). The van der Waals surface area contributed by atoms with Crippen LogP contribution in [0.4, 0.5) is 6.01 Å². The van der Waals surface area contributed by atoms with Crippen molar-refractivity contribution in [1.82, 2.24) is 15.0 Å². The van der Waals surface area contributed by atoms with Crippen molar-refractivity contribution in [2.45, 2.75) is 44.0 Å². The Morgan fingerprint density at radius 1 is 1.14 bits per heavy atom. The van der Waals surface area contributed by atoms with Crippen LogP contribution in [0, 0.1) is 0 Å². The van der Waals surface area contributed by atoms with E-state index in [0.29, 0.717) is 24.4 Å². The van der Waals surface area contributed by atoms with Gasteiger partial charge in [0.15, 0.2) is 15.7 Å². The lowest BCUT2D eigenvalue weighted by molar-refractivity contribution is -0.159. The molecule has 12 nitrogen and oxygen atoms in total. The number of carboxylic acid groups (broad SMARTS) is 2. The standard InChI is InChI=1S/C20H29ClN4O4S.C2H2O4/c1-14(2)19-22-20(29-23-19)25-10-8-24(9-11-25)15(3)7-12-28-16-5-6-18(17(21)13-16)30(4,26)27;3-1(4)2(5)6/h5-6,13-15H,7-12H2,1-4H3;(H,3,4)(H,5,6). The molecule has 2 N–H and O–H groups in total. The minimum atomic E-state index is -3.34. The summed E-state index contributed by atoms with van der Waals surface area (Å²) in [6, 6.07) is 5.63. The van der Waals surface area contributed by atoms with Crippen LogP contribution in [0.5, 0.6) is 5.75 Å². The lowest BCUT2D eigenvalue weighted by Gasteiger charge is -2.37. The van der Waals surface area contributed by atoms with Crippen LogP contribution in [-0.2, 0) is 19.4 Å². The van der Waals surface area contributed by atoms with E-state index in [0.717, 1.165) is 44.7 Å². The maximum Gasteiger partial charge on any atom is 0.414 e. The van der Waals surface area contributed by atoms with Gasteiger partial charge in [-0.3, -0.25) is 4.90 Å². The third kappa shape index (κ3) is 8.64. The van der Waals surface area contributed by atoms with E-state index in [-0.39, 0.29) is 15.8 Å². The molecule has 2 heterocycles. The van der Waals surface area contributed by atoms with E-state index in [1.54, 1.807) is 12.1 Å². The Morgan fingerprint density at radius 2 is 1.75 bits per heavy atom. The number of halogens is 1. The number of aromatic nitrogens is 2. The molecular formula is C22H31ClN4O8S. The minimum absolute atomic E-state index is 0.115. The van der Waals surface area contributed by atoms with Gasteiger partial charge in [-0.05, 0) is 25.5 Å². The van der Waals surface area contributed by atoms with E-state index in [2.05, 4.69) is 26.9 Å². The average Bonchev–Trinajstić information content (AvgIpc) is 3.29. The largest absolute Gasteiger partial charge is 0.493 e. The van der Waals surface area contributed by atoms with E-state index in [1.165, 1.54) is 6.07 Å². The van der Waals surface area contributed by atoms with Crippen molar-refractivity contribution in [3.63, 3.8) is 0 Å². The van der Waals surface area contributed by atoms with Crippen molar-refractivity contribution in [2.24, 2.45) is 0 Å². The van der Waals surface area contributed by atoms with E-state index < -0.39 is 21.8 Å². The highest BCUT2D eigenvalue weighted by atomic mass is 35.5. The number of hydrogen-bond donors (Lipinski definition) is 2. The smallest absolute Gasteiger partial charge is 0.414 e. The van der Waals surface area contributed by atoms with Crippen LogP contribution in [0.15, 0.2) is 27.6 Å².